The number of fused-ring (bicyclic) bond motifs is 1. The van der Waals surface area contributed by atoms with E-state index >= 15 is 0 Å². The van der Waals surface area contributed by atoms with Crippen LogP contribution in [0.25, 0.3) is 5.57 Å². The molecule has 2 aromatic carbocycles. The Bertz CT molecular complexity index is 1030. The largest absolute Gasteiger partial charge is 0.363 e. The number of amides is 1. The summed E-state index contributed by atoms with van der Waals surface area (Å²) in [6.07, 6.45) is 4.98. The van der Waals surface area contributed by atoms with Gasteiger partial charge < -0.3 is 10.3 Å². The number of hydrogen-bond donors (Lipinski definition) is 3. The lowest BCUT2D eigenvalue weighted by Gasteiger charge is -2.30. The van der Waals surface area contributed by atoms with Crippen molar-refractivity contribution in [2.45, 2.75) is 25.9 Å². The quantitative estimate of drug-likeness (QED) is 0.492. The predicted molar refractivity (Wildman–Crippen MR) is 122 cm³/mol. The first-order chi connectivity index (χ1) is 14.6. The Morgan fingerprint density at radius 3 is 2.63 bits per heavy atom. The van der Waals surface area contributed by atoms with Gasteiger partial charge in [-0.25, -0.2) is 5.43 Å². The van der Waals surface area contributed by atoms with Crippen molar-refractivity contribution < 1.29 is 4.79 Å². The summed E-state index contributed by atoms with van der Waals surface area (Å²) >= 11 is 5.53. The van der Waals surface area contributed by atoms with Crippen molar-refractivity contribution in [3.8, 4) is 0 Å². The van der Waals surface area contributed by atoms with Gasteiger partial charge >= 0.3 is 0 Å². The number of allylic oxidation sites excluding steroid dienone is 1. The highest BCUT2D eigenvalue weighted by Crippen LogP contribution is 2.32. The Balaban J connectivity index is 1.52. The molecule has 0 spiro atoms. The number of aromatic nitrogens is 1. The molecule has 1 aliphatic heterocycles. The summed E-state index contributed by atoms with van der Waals surface area (Å²) in [5.74, 6) is -0.183. The number of benzene rings is 2. The summed E-state index contributed by atoms with van der Waals surface area (Å²) in [6.45, 7) is 2.64. The third-order valence-electron chi connectivity index (χ3n) is 5.29. The molecule has 0 aliphatic carbocycles. The molecular weight excluding hydrogens is 396 g/mol. The van der Waals surface area contributed by atoms with Gasteiger partial charge in [-0.2, -0.15) is 0 Å². The molecule has 5 nitrogen and oxygen atoms in total. The van der Waals surface area contributed by atoms with Crippen LogP contribution in [0.1, 0.15) is 35.3 Å². The van der Waals surface area contributed by atoms with Crippen LogP contribution in [0.15, 0.2) is 73.1 Å². The minimum atomic E-state index is -0.163. The van der Waals surface area contributed by atoms with Crippen molar-refractivity contribution in [1.82, 2.24) is 15.7 Å². The molecular formula is C24H25ClN4O. The summed E-state index contributed by atoms with van der Waals surface area (Å²) in [5.41, 5.74) is 10.6. The maximum Gasteiger partial charge on any atom is 0.235 e. The van der Waals surface area contributed by atoms with E-state index in [9.17, 15) is 4.79 Å². The van der Waals surface area contributed by atoms with Crippen molar-refractivity contribution in [2.75, 3.05) is 10.9 Å². The van der Waals surface area contributed by atoms with Crippen molar-refractivity contribution in [1.29, 1.82) is 0 Å². The number of carbonyl (C=O) groups is 1. The molecule has 3 aromatic rings. The first kappa shape index (κ1) is 20.3. The number of rotatable bonds is 7. The summed E-state index contributed by atoms with van der Waals surface area (Å²) in [7, 11) is 0. The molecule has 0 saturated heterocycles. The number of hydrogen-bond acceptors (Lipinski definition) is 3. The van der Waals surface area contributed by atoms with Crippen LogP contribution in [0, 0.1) is 0 Å². The monoisotopic (exact) mass is 420 g/mol. The number of H-pyrrole nitrogens is 1. The number of hydrazine groups is 1. The minimum absolute atomic E-state index is 0.0202. The van der Waals surface area contributed by atoms with E-state index in [2.05, 4.69) is 76.3 Å². The maximum absolute atomic E-state index is 11.3. The highest BCUT2D eigenvalue weighted by Gasteiger charge is 2.21. The van der Waals surface area contributed by atoms with Gasteiger partial charge in [0.05, 0.1) is 5.69 Å². The van der Waals surface area contributed by atoms with Crippen molar-refractivity contribution in [2.24, 2.45) is 0 Å². The van der Waals surface area contributed by atoms with Crippen molar-refractivity contribution >= 4 is 28.8 Å². The van der Waals surface area contributed by atoms with Crippen LogP contribution in [0.3, 0.4) is 0 Å². The summed E-state index contributed by atoms with van der Waals surface area (Å²) < 4.78 is 0. The molecule has 0 saturated carbocycles. The van der Waals surface area contributed by atoms with Crippen LogP contribution in [0.4, 0.5) is 5.69 Å². The first-order valence-corrected chi connectivity index (χ1v) is 10.6. The number of anilines is 1. The number of alkyl halides is 1. The Labute approximate surface area is 181 Å². The second-order valence-corrected chi connectivity index (χ2v) is 7.68. The van der Waals surface area contributed by atoms with Gasteiger partial charge in [0, 0.05) is 37.1 Å². The molecule has 0 fully saturated rings. The van der Waals surface area contributed by atoms with Crippen LogP contribution < -0.4 is 15.8 Å². The zero-order valence-electron chi connectivity index (χ0n) is 16.9. The van der Waals surface area contributed by atoms with Gasteiger partial charge in [-0.15, -0.1) is 11.6 Å². The lowest BCUT2D eigenvalue weighted by Crippen LogP contribution is -2.37. The third-order valence-corrected chi connectivity index (χ3v) is 5.53. The molecule has 30 heavy (non-hydrogen) atoms. The molecule has 0 radical (unpaired) electrons. The second-order valence-electron chi connectivity index (χ2n) is 7.41. The highest BCUT2D eigenvalue weighted by atomic mass is 35.5. The van der Waals surface area contributed by atoms with Gasteiger partial charge in [-0.1, -0.05) is 54.6 Å². The van der Waals surface area contributed by atoms with E-state index in [1.807, 2.05) is 24.4 Å². The van der Waals surface area contributed by atoms with E-state index in [0.717, 1.165) is 23.2 Å². The molecule has 6 heteroatoms. The standard InChI is InChI=1S/C24H25ClN4O/c1-17(19-5-3-2-4-6-19)28-29-16-21(13-22-23(29)11-12-26-22)20-9-7-18(8-10-20)15-27-24(30)14-25/h2-12,16-17,26,28H,13-15H2,1H3,(H,27,30)/t17-/m1/s1. The SMILES string of the molecule is C[C@@H](NN1C=C(c2ccc(CNC(=O)CCl)cc2)Cc2[nH]ccc21)c1ccccc1. The predicted octanol–water partition coefficient (Wildman–Crippen LogP) is 4.54. The van der Waals surface area contributed by atoms with Crippen molar-refractivity contribution in [3.05, 3.63) is 95.4 Å². The summed E-state index contributed by atoms with van der Waals surface area (Å²) in [4.78, 5) is 14.7. The van der Waals surface area contributed by atoms with Gasteiger partial charge in [0.25, 0.3) is 0 Å². The number of halogens is 1. The Hall–Kier alpha value is -3.02. The molecule has 4 rings (SSSR count). The van der Waals surface area contributed by atoms with Gasteiger partial charge in [0.15, 0.2) is 0 Å². The average molecular weight is 421 g/mol. The maximum atomic E-state index is 11.3. The zero-order chi connectivity index (χ0) is 20.9. The molecule has 1 atom stereocenters. The fourth-order valence-corrected chi connectivity index (χ4v) is 3.71. The minimum Gasteiger partial charge on any atom is -0.363 e. The van der Waals surface area contributed by atoms with Crippen LogP contribution in [-0.2, 0) is 17.8 Å². The number of nitrogens with one attached hydrogen (secondary N) is 3. The van der Waals surface area contributed by atoms with Gasteiger partial charge in [0.1, 0.15) is 5.88 Å². The van der Waals surface area contributed by atoms with Crippen LogP contribution in [0.2, 0.25) is 0 Å². The smallest absolute Gasteiger partial charge is 0.235 e. The highest BCUT2D eigenvalue weighted by molar-refractivity contribution is 6.27. The molecule has 1 amide bonds. The van der Waals surface area contributed by atoms with E-state index in [1.165, 1.54) is 16.8 Å². The molecule has 1 aliphatic rings. The van der Waals surface area contributed by atoms with E-state index in [-0.39, 0.29) is 17.8 Å². The van der Waals surface area contributed by atoms with Crippen molar-refractivity contribution in [3.63, 3.8) is 0 Å². The van der Waals surface area contributed by atoms with Crippen LogP contribution in [-0.4, -0.2) is 16.8 Å². The first-order valence-electron chi connectivity index (χ1n) is 10.0. The topological polar surface area (TPSA) is 60.2 Å². The van der Waals surface area contributed by atoms with E-state index in [4.69, 9.17) is 11.6 Å². The fourth-order valence-electron chi connectivity index (χ4n) is 3.62. The number of carbonyl (C=O) groups excluding carboxylic acids is 1. The molecule has 1 aromatic heterocycles. The third kappa shape index (κ3) is 4.58. The molecule has 3 N–H and O–H groups in total. The van der Waals surface area contributed by atoms with Crippen LogP contribution >= 0.6 is 11.6 Å². The zero-order valence-corrected chi connectivity index (χ0v) is 17.6. The van der Waals surface area contributed by atoms with Gasteiger partial charge in [0.2, 0.25) is 5.91 Å². The van der Waals surface area contributed by atoms with Crippen LogP contribution in [0.5, 0.6) is 0 Å². The number of nitrogens with zero attached hydrogens (tertiary/aromatic N) is 1. The molecule has 2 heterocycles. The summed E-state index contributed by atoms with van der Waals surface area (Å²) in [5, 5.41) is 4.90. The van der Waals surface area contributed by atoms with E-state index < -0.39 is 0 Å². The normalized spacial score (nSPS) is 14.1. The van der Waals surface area contributed by atoms with Gasteiger partial charge in [-0.05, 0) is 35.3 Å². The second kappa shape index (κ2) is 9.20. The Morgan fingerprint density at radius 1 is 1.13 bits per heavy atom. The summed E-state index contributed by atoms with van der Waals surface area (Å²) in [6, 6.07) is 20.9. The molecule has 0 bridgehead atoms. The Morgan fingerprint density at radius 2 is 1.90 bits per heavy atom. The lowest BCUT2D eigenvalue weighted by molar-refractivity contribution is -0.118. The van der Waals surface area contributed by atoms with Gasteiger partial charge in [-0.3, -0.25) is 9.80 Å². The van der Waals surface area contributed by atoms with E-state index in [1.54, 1.807) is 0 Å². The van der Waals surface area contributed by atoms with E-state index in [0.29, 0.717) is 6.54 Å². The lowest BCUT2D eigenvalue weighted by atomic mass is 9.98. The number of aromatic amines is 1. The molecule has 0 unspecified atom stereocenters. The molecule has 154 valence electrons. The fraction of sp³-hybridized carbons (Fsp3) is 0.208. The average Bonchev–Trinajstić information content (AvgIpc) is 3.27. The Kier molecular flexibility index (Phi) is 6.21.